The van der Waals surface area contributed by atoms with Crippen molar-refractivity contribution in [2.24, 2.45) is 5.41 Å². The molecule has 14 heavy (non-hydrogen) atoms. The largest absolute Gasteiger partial charge is 0.372 e. The Bertz CT molecular complexity index is 290. The summed E-state index contributed by atoms with van der Waals surface area (Å²) >= 11 is 0. The van der Waals surface area contributed by atoms with Gasteiger partial charge >= 0.3 is 0 Å². The lowest BCUT2D eigenvalue weighted by molar-refractivity contribution is 0.442. The number of aromatic nitrogens is 2. The summed E-state index contributed by atoms with van der Waals surface area (Å²) < 4.78 is 0. The van der Waals surface area contributed by atoms with Crippen molar-refractivity contribution in [2.45, 2.75) is 20.8 Å². The van der Waals surface area contributed by atoms with E-state index in [4.69, 9.17) is 0 Å². The van der Waals surface area contributed by atoms with Crippen molar-refractivity contribution < 1.29 is 0 Å². The van der Waals surface area contributed by atoms with Crippen LogP contribution in [0.3, 0.4) is 0 Å². The summed E-state index contributed by atoms with van der Waals surface area (Å²) in [7, 11) is 1.83. The first-order valence-corrected chi connectivity index (χ1v) is 4.75. The fourth-order valence-corrected chi connectivity index (χ4v) is 0.927. The van der Waals surface area contributed by atoms with E-state index >= 15 is 0 Å². The van der Waals surface area contributed by atoms with E-state index in [9.17, 15) is 0 Å². The number of anilines is 2. The van der Waals surface area contributed by atoms with Gasteiger partial charge in [0.25, 0.3) is 0 Å². The van der Waals surface area contributed by atoms with Crippen LogP contribution >= 0.6 is 0 Å². The highest BCUT2D eigenvalue weighted by Gasteiger charge is 2.09. The highest BCUT2D eigenvalue weighted by atomic mass is 15.1. The molecule has 0 saturated carbocycles. The Balaban J connectivity index is 2.59. The van der Waals surface area contributed by atoms with E-state index in [1.807, 2.05) is 7.05 Å². The van der Waals surface area contributed by atoms with Gasteiger partial charge < -0.3 is 10.6 Å². The Morgan fingerprint density at radius 2 is 1.86 bits per heavy atom. The van der Waals surface area contributed by atoms with Crippen LogP contribution in [0, 0.1) is 5.41 Å². The molecular weight excluding hydrogens is 176 g/mol. The second-order valence-corrected chi connectivity index (χ2v) is 4.45. The minimum Gasteiger partial charge on any atom is -0.372 e. The summed E-state index contributed by atoms with van der Waals surface area (Å²) in [5, 5.41) is 6.20. The molecule has 78 valence electrons. The maximum absolute atomic E-state index is 4.31. The van der Waals surface area contributed by atoms with Gasteiger partial charge in [-0.15, -0.1) is 0 Å². The molecule has 1 heterocycles. The molecule has 0 spiro atoms. The molecule has 1 rings (SSSR count). The molecule has 0 amide bonds. The fraction of sp³-hybridized carbons (Fsp3) is 0.600. The summed E-state index contributed by atoms with van der Waals surface area (Å²) in [5.74, 6) is 1.59. The van der Waals surface area contributed by atoms with Gasteiger partial charge in [-0.25, -0.2) is 4.98 Å². The van der Waals surface area contributed by atoms with Crippen LogP contribution in [0.2, 0.25) is 0 Å². The van der Waals surface area contributed by atoms with Gasteiger partial charge in [0.1, 0.15) is 11.6 Å². The van der Waals surface area contributed by atoms with Gasteiger partial charge in [0.15, 0.2) is 0 Å². The minimum absolute atomic E-state index is 0.247. The predicted molar refractivity (Wildman–Crippen MR) is 59.5 cm³/mol. The molecule has 0 radical (unpaired) electrons. The first-order chi connectivity index (χ1) is 6.51. The molecule has 0 atom stereocenters. The van der Waals surface area contributed by atoms with Crippen molar-refractivity contribution in [1.82, 2.24) is 9.97 Å². The molecule has 1 aromatic rings. The Morgan fingerprint density at radius 3 is 2.43 bits per heavy atom. The van der Waals surface area contributed by atoms with Crippen LogP contribution in [0.1, 0.15) is 20.8 Å². The van der Waals surface area contributed by atoms with Crippen LogP contribution < -0.4 is 10.6 Å². The molecule has 0 aromatic carbocycles. The van der Waals surface area contributed by atoms with Crippen molar-refractivity contribution in [3.63, 3.8) is 0 Å². The van der Waals surface area contributed by atoms with Crippen molar-refractivity contribution in [2.75, 3.05) is 24.2 Å². The van der Waals surface area contributed by atoms with Crippen molar-refractivity contribution in [3.8, 4) is 0 Å². The summed E-state index contributed by atoms with van der Waals surface area (Å²) in [4.78, 5) is 8.38. The first kappa shape index (κ1) is 10.8. The molecule has 4 heteroatoms. The van der Waals surface area contributed by atoms with E-state index in [-0.39, 0.29) is 5.41 Å². The lowest BCUT2D eigenvalue weighted by atomic mass is 9.97. The molecule has 4 nitrogen and oxygen atoms in total. The maximum Gasteiger partial charge on any atom is 0.146 e. The lowest BCUT2D eigenvalue weighted by Gasteiger charge is -2.19. The van der Waals surface area contributed by atoms with E-state index in [1.165, 1.54) is 0 Å². The summed E-state index contributed by atoms with van der Waals surface area (Å²) in [5.41, 5.74) is 0.247. The second-order valence-electron chi connectivity index (χ2n) is 4.45. The molecule has 0 unspecified atom stereocenters. The van der Waals surface area contributed by atoms with E-state index < -0.39 is 0 Å². The normalized spacial score (nSPS) is 11.1. The summed E-state index contributed by atoms with van der Waals surface area (Å²) in [6, 6.07) is 0. The smallest absolute Gasteiger partial charge is 0.146 e. The topological polar surface area (TPSA) is 49.8 Å². The number of hydrogen-bond acceptors (Lipinski definition) is 4. The van der Waals surface area contributed by atoms with Crippen LogP contribution in [-0.2, 0) is 0 Å². The van der Waals surface area contributed by atoms with E-state index in [0.717, 1.165) is 18.2 Å². The van der Waals surface area contributed by atoms with Crippen LogP contribution in [0.15, 0.2) is 12.4 Å². The zero-order chi connectivity index (χ0) is 10.6. The van der Waals surface area contributed by atoms with Gasteiger partial charge in [-0.1, -0.05) is 20.8 Å². The van der Waals surface area contributed by atoms with Gasteiger partial charge in [0.2, 0.25) is 0 Å². The van der Waals surface area contributed by atoms with Crippen LogP contribution in [0.25, 0.3) is 0 Å². The molecule has 0 aliphatic carbocycles. The zero-order valence-electron chi connectivity index (χ0n) is 9.26. The van der Waals surface area contributed by atoms with Crippen molar-refractivity contribution in [3.05, 3.63) is 12.4 Å². The Morgan fingerprint density at radius 1 is 1.21 bits per heavy atom. The SMILES string of the molecule is CNc1cncc(NCC(C)(C)C)n1. The highest BCUT2D eigenvalue weighted by Crippen LogP contribution is 2.14. The molecule has 0 fully saturated rings. The Hall–Kier alpha value is -1.32. The third-order valence-electron chi connectivity index (χ3n) is 1.69. The van der Waals surface area contributed by atoms with Gasteiger partial charge in [0, 0.05) is 13.6 Å². The van der Waals surface area contributed by atoms with Gasteiger partial charge in [-0.3, -0.25) is 4.98 Å². The second kappa shape index (κ2) is 4.26. The average molecular weight is 194 g/mol. The summed E-state index contributed by atoms with van der Waals surface area (Å²) in [6.07, 6.45) is 3.43. The maximum atomic E-state index is 4.31. The molecule has 0 saturated heterocycles. The predicted octanol–water partition coefficient (Wildman–Crippen LogP) is 1.98. The number of hydrogen-bond donors (Lipinski definition) is 2. The van der Waals surface area contributed by atoms with Crippen molar-refractivity contribution in [1.29, 1.82) is 0 Å². The van der Waals surface area contributed by atoms with Crippen LogP contribution in [0.5, 0.6) is 0 Å². The monoisotopic (exact) mass is 194 g/mol. The minimum atomic E-state index is 0.247. The average Bonchev–Trinajstić information content (AvgIpc) is 2.14. The van der Waals surface area contributed by atoms with Gasteiger partial charge in [-0.2, -0.15) is 0 Å². The number of rotatable bonds is 3. The van der Waals surface area contributed by atoms with E-state index in [0.29, 0.717) is 0 Å². The molecular formula is C10H18N4. The number of nitrogens with one attached hydrogen (secondary N) is 2. The van der Waals surface area contributed by atoms with Gasteiger partial charge in [0.05, 0.1) is 12.4 Å². The lowest BCUT2D eigenvalue weighted by Crippen LogP contribution is -2.19. The standard InChI is InChI=1S/C10H18N4/c1-10(2,3)7-13-9-6-12-5-8(11-4)14-9/h5-6H,7H2,1-4H3,(H2,11,13,14). The van der Waals surface area contributed by atoms with E-state index in [1.54, 1.807) is 12.4 Å². The first-order valence-electron chi connectivity index (χ1n) is 4.75. The third-order valence-corrected chi connectivity index (χ3v) is 1.69. The van der Waals surface area contributed by atoms with Crippen molar-refractivity contribution >= 4 is 11.6 Å². The van der Waals surface area contributed by atoms with E-state index in [2.05, 4.69) is 41.4 Å². The summed E-state index contributed by atoms with van der Waals surface area (Å²) in [6.45, 7) is 7.41. The quantitative estimate of drug-likeness (QED) is 0.772. The molecule has 2 N–H and O–H groups in total. The molecule has 0 aliphatic rings. The van der Waals surface area contributed by atoms with Crippen LogP contribution in [-0.4, -0.2) is 23.6 Å². The number of nitrogens with zero attached hydrogens (tertiary/aromatic N) is 2. The Kier molecular flexibility index (Phi) is 3.28. The third kappa shape index (κ3) is 3.60. The molecule has 0 bridgehead atoms. The molecule has 0 aliphatic heterocycles. The highest BCUT2D eigenvalue weighted by molar-refractivity contribution is 5.40. The fourth-order valence-electron chi connectivity index (χ4n) is 0.927. The molecule has 1 aromatic heterocycles. The van der Waals surface area contributed by atoms with Gasteiger partial charge in [-0.05, 0) is 5.41 Å². The van der Waals surface area contributed by atoms with Crippen LogP contribution in [0.4, 0.5) is 11.6 Å². The Labute approximate surface area is 85.2 Å². The zero-order valence-corrected chi connectivity index (χ0v) is 9.26.